The molecule has 0 aliphatic heterocycles. The van der Waals surface area contributed by atoms with E-state index in [1.165, 1.54) is 0 Å². The maximum atomic E-state index is 13.2. The largest absolute Gasteiger partial charge is 0.444 e. The van der Waals surface area contributed by atoms with Gasteiger partial charge in [0.1, 0.15) is 17.6 Å². The van der Waals surface area contributed by atoms with Crippen LogP contribution in [0.4, 0.5) is 4.79 Å². The van der Waals surface area contributed by atoms with Crippen molar-refractivity contribution in [3.05, 3.63) is 69.3 Å². The highest BCUT2D eigenvalue weighted by Gasteiger charge is 2.22. The van der Waals surface area contributed by atoms with Gasteiger partial charge in [-0.1, -0.05) is 47.5 Å². The van der Waals surface area contributed by atoms with Crippen molar-refractivity contribution in [3.63, 3.8) is 0 Å². The monoisotopic (exact) mass is 489 g/mol. The van der Waals surface area contributed by atoms with Crippen molar-refractivity contribution < 1.29 is 19.1 Å². The van der Waals surface area contributed by atoms with E-state index in [0.717, 1.165) is 11.8 Å². The highest BCUT2D eigenvalue weighted by atomic mass is 35.5. The lowest BCUT2D eigenvalue weighted by Gasteiger charge is -2.23. The Labute approximate surface area is 202 Å². The van der Waals surface area contributed by atoms with Crippen LogP contribution in [0.5, 0.6) is 0 Å². The van der Waals surface area contributed by atoms with Gasteiger partial charge in [-0.15, -0.1) is 0 Å². The van der Waals surface area contributed by atoms with Gasteiger partial charge in [0.2, 0.25) is 0 Å². The van der Waals surface area contributed by atoms with Crippen LogP contribution >= 0.6 is 23.2 Å². The molecule has 33 heavy (non-hydrogen) atoms. The van der Waals surface area contributed by atoms with E-state index in [0.29, 0.717) is 32.3 Å². The Morgan fingerprint density at radius 1 is 1.12 bits per heavy atom. The molecule has 0 radical (unpaired) electrons. The SMILES string of the molecule is Cn1c(C(=O)NC(CNC(=O)OC(C)(C)C)c2ccc(C=O)cc2)cc2c(Cl)c(Cl)ccc21. The molecule has 3 rings (SSSR count). The molecule has 9 heteroatoms. The molecule has 0 aliphatic rings. The summed E-state index contributed by atoms with van der Waals surface area (Å²) >= 11 is 12.4. The summed E-state index contributed by atoms with van der Waals surface area (Å²) in [6.07, 6.45) is 0.137. The molecular weight excluding hydrogens is 465 g/mol. The summed E-state index contributed by atoms with van der Waals surface area (Å²) in [5.74, 6) is -0.364. The zero-order valence-corrected chi connectivity index (χ0v) is 20.3. The van der Waals surface area contributed by atoms with Crippen LogP contribution in [0.2, 0.25) is 10.0 Å². The molecule has 1 aromatic heterocycles. The first-order valence-corrected chi connectivity index (χ1v) is 11.0. The van der Waals surface area contributed by atoms with E-state index in [4.69, 9.17) is 27.9 Å². The van der Waals surface area contributed by atoms with Crippen LogP contribution in [0.25, 0.3) is 10.9 Å². The Kier molecular flexibility index (Phi) is 7.34. The van der Waals surface area contributed by atoms with Gasteiger partial charge in [0, 0.05) is 30.1 Å². The molecule has 1 heterocycles. The normalized spacial score (nSPS) is 12.3. The number of ether oxygens (including phenoxy) is 1. The maximum Gasteiger partial charge on any atom is 0.407 e. The van der Waals surface area contributed by atoms with Gasteiger partial charge in [0.25, 0.3) is 5.91 Å². The van der Waals surface area contributed by atoms with Crippen LogP contribution in [0, 0.1) is 0 Å². The summed E-state index contributed by atoms with van der Waals surface area (Å²) in [5.41, 5.74) is 1.70. The molecule has 1 atom stereocenters. The highest BCUT2D eigenvalue weighted by Crippen LogP contribution is 2.32. The number of nitrogens with zero attached hydrogens (tertiary/aromatic N) is 1. The van der Waals surface area contributed by atoms with Gasteiger partial charge >= 0.3 is 6.09 Å². The second-order valence-electron chi connectivity index (χ2n) is 8.58. The molecule has 0 spiro atoms. The number of carbonyl (C=O) groups is 3. The van der Waals surface area contributed by atoms with Gasteiger partial charge in [-0.3, -0.25) is 9.59 Å². The third kappa shape index (κ3) is 5.86. The van der Waals surface area contributed by atoms with Gasteiger partial charge in [0.05, 0.1) is 16.1 Å². The third-order valence-electron chi connectivity index (χ3n) is 4.98. The van der Waals surface area contributed by atoms with Gasteiger partial charge < -0.3 is 19.9 Å². The Bertz CT molecular complexity index is 1200. The van der Waals surface area contributed by atoms with E-state index in [1.54, 1.807) is 74.9 Å². The molecule has 0 aliphatic carbocycles. The first-order valence-electron chi connectivity index (χ1n) is 10.3. The molecule has 0 saturated heterocycles. The fourth-order valence-corrected chi connectivity index (χ4v) is 3.74. The summed E-state index contributed by atoms with van der Waals surface area (Å²) in [5, 5.41) is 7.07. The van der Waals surface area contributed by atoms with Crippen LogP contribution in [0.15, 0.2) is 42.5 Å². The van der Waals surface area contributed by atoms with E-state index in [-0.39, 0.29) is 12.5 Å². The number of hydrogen-bond acceptors (Lipinski definition) is 4. The van der Waals surface area contributed by atoms with Crippen molar-refractivity contribution in [2.75, 3.05) is 6.54 Å². The molecule has 2 aromatic carbocycles. The number of nitrogens with one attached hydrogen (secondary N) is 2. The number of aldehydes is 1. The zero-order valence-electron chi connectivity index (χ0n) is 18.7. The lowest BCUT2D eigenvalue weighted by molar-refractivity contribution is 0.0519. The average molecular weight is 490 g/mol. The molecular formula is C24H25Cl2N3O4. The third-order valence-corrected chi connectivity index (χ3v) is 5.79. The van der Waals surface area contributed by atoms with Crippen molar-refractivity contribution >= 4 is 52.4 Å². The molecule has 174 valence electrons. The van der Waals surface area contributed by atoms with Crippen molar-refractivity contribution in [3.8, 4) is 0 Å². The van der Waals surface area contributed by atoms with E-state index in [2.05, 4.69) is 10.6 Å². The minimum absolute atomic E-state index is 0.0810. The highest BCUT2D eigenvalue weighted by molar-refractivity contribution is 6.45. The summed E-state index contributed by atoms with van der Waals surface area (Å²) in [6.45, 7) is 5.38. The van der Waals surface area contributed by atoms with Crippen molar-refractivity contribution in [1.82, 2.24) is 15.2 Å². The van der Waals surface area contributed by atoms with Crippen LogP contribution in [0.1, 0.15) is 53.2 Å². The second kappa shape index (κ2) is 9.85. The maximum absolute atomic E-state index is 13.2. The molecule has 0 bridgehead atoms. The Morgan fingerprint density at radius 3 is 2.39 bits per heavy atom. The van der Waals surface area contributed by atoms with E-state index < -0.39 is 17.7 Å². The van der Waals surface area contributed by atoms with E-state index in [9.17, 15) is 14.4 Å². The smallest absolute Gasteiger partial charge is 0.407 e. The number of aromatic nitrogens is 1. The molecule has 2 amide bonds. The lowest BCUT2D eigenvalue weighted by atomic mass is 10.0. The minimum atomic E-state index is -0.655. The minimum Gasteiger partial charge on any atom is -0.444 e. The zero-order chi connectivity index (χ0) is 24.3. The number of aryl methyl sites for hydroxylation is 1. The Balaban J connectivity index is 1.87. The predicted molar refractivity (Wildman–Crippen MR) is 129 cm³/mol. The number of amides is 2. The number of hydrogen-bond donors (Lipinski definition) is 2. The summed E-state index contributed by atoms with van der Waals surface area (Å²) < 4.78 is 7.02. The van der Waals surface area contributed by atoms with Gasteiger partial charge in [0.15, 0.2) is 0 Å². The van der Waals surface area contributed by atoms with Gasteiger partial charge in [-0.05, 0) is 44.5 Å². The van der Waals surface area contributed by atoms with Gasteiger partial charge in [-0.2, -0.15) is 0 Å². The Morgan fingerprint density at radius 2 is 1.79 bits per heavy atom. The molecule has 0 saturated carbocycles. The first kappa shape index (κ1) is 24.6. The number of alkyl carbamates (subject to hydrolysis) is 1. The predicted octanol–water partition coefficient (Wildman–Crippen LogP) is 5.29. The van der Waals surface area contributed by atoms with Gasteiger partial charge in [-0.25, -0.2) is 4.79 Å². The molecule has 3 aromatic rings. The average Bonchev–Trinajstić information content (AvgIpc) is 3.09. The summed E-state index contributed by atoms with van der Waals surface area (Å²) in [7, 11) is 1.76. The number of rotatable bonds is 6. The molecule has 2 N–H and O–H groups in total. The number of fused-ring (bicyclic) bond motifs is 1. The molecule has 0 fully saturated rings. The fourth-order valence-electron chi connectivity index (χ4n) is 3.36. The Hall–Kier alpha value is -3.03. The van der Waals surface area contributed by atoms with Crippen molar-refractivity contribution in [2.45, 2.75) is 32.4 Å². The fraction of sp³-hybridized carbons (Fsp3) is 0.292. The molecule has 7 nitrogen and oxygen atoms in total. The molecule has 1 unspecified atom stereocenters. The first-order chi connectivity index (χ1) is 15.5. The van der Waals surface area contributed by atoms with Crippen LogP contribution < -0.4 is 10.6 Å². The standard InChI is InChI=1S/C24H25Cl2N3O4/c1-24(2,3)33-23(32)27-12-18(15-7-5-14(13-30)6-8-15)28-22(31)20-11-16-19(29(20)4)10-9-17(25)21(16)26/h5-11,13,18H,12H2,1-4H3,(H,27,32)(H,28,31). The van der Waals surface area contributed by atoms with Crippen LogP contribution in [-0.4, -0.2) is 35.0 Å². The second-order valence-corrected chi connectivity index (χ2v) is 9.36. The number of benzene rings is 2. The number of halogens is 2. The van der Waals surface area contributed by atoms with E-state index in [1.807, 2.05) is 0 Å². The summed E-state index contributed by atoms with van der Waals surface area (Å²) in [4.78, 5) is 36.4. The van der Waals surface area contributed by atoms with Crippen LogP contribution in [-0.2, 0) is 11.8 Å². The van der Waals surface area contributed by atoms with Crippen LogP contribution in [0.3, 0.4) is 0 Å². The van der Waals surface area contributed by atoms with E-state index >= 15 is 0 Å². The van der Waals surface area contributed by atoms with Crippen molar-refractivity contribution in [2.24, 2.45) is 7.05 Å². The number of carbonyl (C=O) groups excluding carboxylic acids is 3. The van der Waals surface area contributed by atoms with Crippen molar-refractivity contribution in [1.29, 1.82) is 0 Å². The summed E-state index contributed by atoms with van der Waals surface area (Å²) in [6, 6.07) is 11.3. The topological polar surface area (TPSA) is 89.4 Å². The lowest BCUT2D eigenvalue weighted by Crippen LogP contribution is -2.40. The quantitative estimate of drug-likeness (QED) is 0.460.